The highest BCUT2D eigenvalue weighted by molar-refractivity contribution is 4.73. The van der Waals surface area contributed by atoms with Crippen molar-refractivity contribution >= 4 is 0 Å². The predicted octanol–water partition coefficient (Wildman–Crippen LogP) is 2.33. The van der Waals surface area contributed by atoms with E-state index in [-0.39, 0.29) is 12.3 Å². The van der Waals surface area contributed by atoms with E-state index < -0.39 is 0 Å². The number of unbranched alkanes of at least 4 members (excludes halogenated alkanes) is 1. The number of hydrogen-bond donors (Lipinski definition) is 1. The molecular formula is C12H25NO2. The van der Waals surface area contributed by atoms with Gasteiger partial charge in [0, 0.05) is 13.2 Å². The molecular weight excluding hydrogens is 190 g/mol. The van der Waals surface area contributed by atoms with Crippen molar-refractivity contribution in [3.63, 3.8) is 0 Å². The highest BCUT2D eigenvalue weighted by atomic mass is 16.7. The molecule has 0 aliphatic rings. The van der Waals surface area contributed by atoms with Crippen molar-refractivity contribution in [3.05, 3.63) is 12.7 Å². The van der Waals surface area contributed by atoms with E-state index in [1.54, 1.807) is 0 Å². The lowest BCUT2D eigenvalue weighted by atomic mass is 10.1. The van der Waals surface area contributed by atoms with Gasteiger partial charge in [0.1, 0.15) is 0 Å². The van der Waals surface area contributed by atoms with Crippen molar-refractivity contribution in [3.8, 4) is 0 Å². The van der Waals surface area contributed by atoms with E-state index in [4.69, 9.17) is 9.47 Å². The zero-order valence-corrected chi connectivity index (χ0v) is 10.3. The Morgan fingerprint density at radius 3 is 2.27 bits per heavy atom. The minimum atomic E-state index is -0.130. The summed E-state index contributed by atoms with van der Waals surface area (Å²) >= 11 is 0. The van der Waals surface area contributed by atoms with E-state index in [9.17, 15) is 0 Å². The summed E-state index contributed by atoms with van der Waals surface area (Å²) in [5.41, 5.74) is 0. The van der Waals surface area contributed by atoms with E-state index in [0.29, 0.717) is 13.2 Å². The largest absolute Gasteiger partial charge is 0.351 e. The van der Waals surface area contributed by atoms with Gasteiger partial charge >= 0.3 is 0 Å². The zero-order valence-electron chi connectivity index (χ0n) is 10.3. The first-order valence-electron chi connectivity index (χ1n) is 5.81. The summed E-state index contributed by atoms with van der Waals surface area (Å²) in [6, 6.07) is 0.268. The number of nitrogens with one attached hydrogen (secondary N) is 1. The van der Waals surface area contributed by atoms with Gasteiger partial charge in [-0.25, -0.2) is 0 Å². The van der Waals surface area contributed by atoms with Crippen molar-refractivity contribution in [1.82, 2.24) is 5.32 Å². The molecule has 3 heteroatoms. The average Bonchev–Trinajstić information content (AvgIpc) is 2.24. The molecule has 0 aliphatic carbocycles. The van der Waals surface area contributed by atoms with Crippen molar-refractivity contribution in [2.45, 2.75) is 45.4 Å². The minimum Gasteiger partial charge on any atom is -0.351 e. The van der Waals surface area contributed by atoms with Gasteiger partial charge in [-0.1, -0.05) is 6.08 Å². The number of rotatable bonds is 10. The first kappa shape index (κ1) is 14.6. The molecule has 0 aromatic carbocycles. The maximum atomic E-state index is 5.56. The van der Waals surface area contributed by atoms with Crippen LogP contribution in [0.3, 0.4) is 0 Å². The Labute approximate surface area is 93.8 Å². The third kappa shape index (κ3) is 6.66. The van der Waals surface area contributed by atoms with E-state index in [0.717, 1.165) is 19.3 Å². The second kappa shape index (κ2) is 10.1. The second-order valence-corrected chi connectivity index (χ2v) is 3.39. The van der Waals surface area contributed by atoms with E-state index in [2.05, 4.69) is 11.9 Å². The Bertz CT molecular complexity index is 145. The molecule has 1 N–H and O–H groups in total. The third-order valence-corrected chi connectivity index (χ3v) is 2.28. The number of allylic oxidation sites excluding steroid dienone is 1. The topological polar surface area (TPSA) is 30.5 Å². The van der Waals surface area contributed by atoms with Gasteiger partial charge in [-0.3, -0.25) is 0 Å². The maximum Gasteiger partial charge on any atom is 0.172 e. The molecule has 0 aromatic rings. The fourth-order valence-corrected chi connectivity index (χ4v) is 1.51. The first-order chi connectivity index (χ1) is 7.29. The lowest BCUT2D eigenvalue weighted by Gasteiger charge is -2.26. The van der Waals surface area contributed by atoms with Crippen LogP contribution in [0.5, 0.6) is 0 Å². The summed E-state index contributed by atoms with van der Waals surface area (Å²) in [5, 5.41) is 3.25. The van der Waals surface area contributed by atoms with Crippen LogP contribution < -0.4 is 5.32 Å². The standard InChI is InChI=1S/C12H25NO2/c1-5-8-9-10-11(13-4)12(14-6-2)15-7-3/h5,11-13H,1,6-10H2,2-4H3. The Balaban J connectivity index is 3.98. The minimum absolute atomic E-state index is 0.130. The predicted molar refractivity (Wildman–Crippen MR) is 63.9 cm³/mol. The van der Waals surface area contributed by atoms with E-state index in [1.165, 1.54) is 0 Å². The van der Waals surface area contributed by atoms with Gasteiger partial charge in [-0.05, 0) is 40.2 Å². The van der Waals surface area contributed by atoms with Crippen LogP contribution in [0.2, 0.25) is 0 Å². The van der Waals surface area contributed by atoms with E-state index >= 15 is 0 Å². The van der Waals surface area contributed by atoms with Crippen LogP contribution in [-0.2, 0) is 9.47 Å². The molecule has 0 saturated carbocycles. The molecule has 0 bridgehead atoms. The van der Waals surface area contributed by atoms with Gasteiger partial charge in [0.05, 0.1) is 6.04 Å². The average molecular weight is 215 g/mol. The molecule has 0 rings (SSSR count). The Morgan fingerprint density at radius 2 is 1.87 bits per heavy atom. The van der Waals surface area contributed by atoms with Crippen LogP contribution in [0.15, 0.2) is 12.7 Å². The smallest absolute Gasteiger partial charge is 0.172 e. The molecule has 0 heterocycles. The molecule has 0 amide bonds. The molecule has 3 nitrogen and oxygen atoms in total. The molecule has 0 saturated heterocycles. The van der Waals surface area contributed by atoms with Gasteiger partial charge in [0.25, 0.3) is 0 Å². The summed E-state index contributed by atoms with van der Waals surface area (Å²) in [5.74, 6) is 0. The molecule has 0 spiro atoms. The van der Waals surface area contributed by atoms with Crippen LogP contribution in [-0.4, -0.2) is 32.6 Å². The van der Waals surface area contributed by atoms with Crippen molar-refractivity contribution in [1.29, 1.82) is 0 Å². The first-order valence-corrected chi connectivity index (χ1v) is 5.81. The summed E-state index contributed by atoms with van der Waals surface area (Å²) in [7, 11) is 1.95. The Kier molecular flexibility index (Phi) is 9.89. The third-order valence-electron chi connectivity index (χ3n) is 2.28. The van der Waals surface area contributed by atoms with Gasteiger partial charge in [-0.15, -0.1) is 6.58 Å². The number of ether oxygens (including phenoxy) is 2. The van der Waals surface area contributed by atoms with Gasteiger partial charge in [0.2, 0.25) is 0 Å². The van der Waals surface area contributed by atoms with Crippen molar-refractivity contribution in [2.75, 3.05) is 20.3 Å². The summed E-state index contributed by atoms with van der Waals surface area (Å²) in [6.07, 6.45) is 5.03. The normalized spacial score (nSPS) is 13.1. The van der Waals surface area contributed by atoms with E-state index in [1.807, 2.05) is 27.0 Å². The molecule has 1 atom stereocenters. The number of likely N-dealkylation sites (N-methyl/N-ethyl adjacent to an activating group) is 1. The SMILES string of the molecule is C=CCCCC(NC)C(OCC)OCC. The van der Waals surface area contributed by atoms with Crippen LogP contribution in [0.25, 0.3) is 0 Å². The molecule has 0 aromatic heterocycles. The van der Waals surface area contributed by atoms with Gasteiger partial charge in [-0.2, -0.15) is 0 Å². The lowest BCUT2D eigenvalue weighted by molar-refractivity contribution is -0.154. The second-order valence-electron chi connectivity index (χ2n) is 3.39. The van der Waals surface area contributed by atoms with Gasteiger partial charge in [0.15, 0.2) is 6.29 Å². The molecule has 0 radical (unpaired) electrons. The van der Waals surface area contributed by atoms with Crippen LogP contribution in [0.4, 0.5) is 0 Å². The molecule has 0 fully saturated rings. The highest BCUT2D eigenvalue weighted by Crippen LogP contribution is 2.09. The van der Waals surface area contributed by atoms with Crippen LogP contribution >= 0.6 is 0 Å². The summed E-state index contributed by atoms with van der Waals surface area (Å²) in [6.45, 7) is 9.06. The summed E-state index contributed by atoms with van der Waals surface area (Å²) < 4.78 is 11.1. The Hall–Kier alpha value is -0.380. The monoisotopic (exact) mass is 215 g/mol. The van der Waals surface area contributed by atoms with Crippen molar-refractivity contribution in [2.24, 2.45) is 0 Å². The molecule has 1 unspecified atom stereocenters. The summed E-state index contributed by atoms with van der Waals surface area (Å²) in [4.78, 5) is 0. The van der Waals surface area contributed by atoms with Crippen LogP contribution in [0, 0.1) is 0 Å². The quantitative estimate of drug-likeness (QED) is 0.345. The highest BCUT2D eigenvalue weighted by Gasteiger charge is 2.19. The zero-order chi connectivity index (χ0) is 11.5. The van der Waals surface area contributed by atoms with Gasteiger partial charge < -0.3 is 14.8 Å². The fraction of sp³-hybridized carbons (Fsp3) is 0.833. The fourth-order valence-electron chi connectivity index (χ4n) is 1.51. The molecule has 90 valence electrons. The Morgan fingerprint density at radius 1 is 1.27 bits per heavy atom. The molecule has 0 aliphatic heterocycles. The van der Waals surface area contributed by atoms with Crippen molar-refractivity contribution < 1.29 is 9.47 Å². The number of hydrogen-bond acceptors (Lipinski definition) is 3. The maximum absolute atomic E-state index is 5.56. The lowest BCUT2D eigenvalue weighted by Crippen LogP contribution is -2.41. The molecule has 15 heavy (non-hydrogen) atoms. The van der Waals surface area contributed by atoms with Crippen LogP contribution in [0.1, 0.15) is 33.1 Å².